The predicted molar refractivity (Wildman–Crippen MR) is 67.8 cm³/mol. The highest BCUT2D eigenvalue weighted by atomic mass is 79.9. The van der Waals surface area contributed by atoms with Crippen LogP contribution in [0.15, 0.2) is 35.0 Å². The molecule has 2 N–H and O–H groups in total. The smallest absolute Gasteiger partial charge is 0.274 e. The molecule has 0 bridgehead atoms. The van der Waals surface area contributed by atoms with Crippen LogP contribution in [0.5, 0.6) is 0 Å². The molecule has 0 radical (unpaired) electrons. The lowest BCUT2D eigenvalue weighted by Gasteiger charge is -2.07. The summed E-state index contributed by atoms with van der Waals surface area (Å²) in [5, 5.41) is 15.9. The van der Waals surface area contributed by atoms with Gasteiger partial charge in [-0.1, -0.05) is 6.07 Å². The molecule has 0 aliphatic carbocycles. The fourth-order valence-corrected chi connectivity index (χ4v) is 1.43. The van der Waals surface area contributed by atoms with Crippen LogP contribution in [0, 0.1) is 10.1 Å². The summed E-state index contributed by atoms with van der Waals surface area (Å²) in [5.41, 5.74) is 1.07. The molecule has 0 aliphatic rings. The number of rotatable bonds is 6. The maximum atomic E-state index is 10.3. The maximum absolute atomic E-state index is 10.3. The average Bonchev–Trinajstić information content (AvgIpc) is 2.30. The minimum atomic E-state index is -0.500. The highest BCUT2D eigenvalue weighted by Crippen LogP contribution is 2.06. The molecular formula is C10H13BrN4O2. The molecule has 0 aliphatic heterocycles. The Hall–Kier alpha value is -1.63. The molecule has 0 aromatic carbocycles. The summed E-state index contributed by atoms with van der Waals surface area (Å²) < 4.78 is 0.790. The third kappa shape index (κ3) is 5.30. The summed E-state index contributed by atoms with van der Waals surface area (Å²) in [6, 6.07) is 3.82. The molecule has 0 amide bonds. The summed E-state index contributed by atoms with van der Waals surface area (Å²) in [4.78, 5) is 13.9. The van der Waals surface area contributed by atoms with E-state index in [0.717, 1.165) is 22.8 Å². The van der Waals surface area contributed by atoms with Gasteiger partial charge in [-0.15, -0.1) is 0 Å². The Morgan fingerprint density at radius 1 is 1.65 bits per heavy atom. The van der Waals surface area contributed by atoms with Crippen molar-refractivity contribution in [1.29, 1.82) is 0 Å². The quantitative estimate of drug-likeness (QED) is 0.470. The molecule has 92 valence electrons. The van der Waals surface area contributed by atoms with E-state index in [4.69, 9.17) is 0 Å². The minimum Gasteiger partial charge on any atom is -0.370 e. The largest absolute Gasteiger partial charge is 0.370 e. The van der Waals surface area contributed by atoms with E-state index in [1.54, 1.807) is 13.2 Å². The van der Waals surface area contributed by atoms with Crippen molar-refractivity contribution in [3.8, 4) is 0 Å². The zero-order valence-electron chi connectivity index (χ0n) is 9.31. The zero-order chi connectivity index (χ0) is 12.7. The van der Waals surface area contributed by atoms with E-state index in [1.165, 1.54) is 0 Å². The zero-order valence-corrected chi connectivity index (χ0v) is 10.9. The maximum Gasteiger partial charge on any atom is 0.274 e. The number of hydrogen-bond donors (Lipinski definition) is 2. The van der Waals surface area contributed by atoms with Crippen LogP contribution in [0.1, 0.15) is 5.56 Å². The van der Waals surface area contributed by atoms with Crippen LogP contribution in [0.4, 0.5) is 0 Å². The monoisotopic (exact) mass is 300 g/mol. The fourth-order valence-electron chi connectivity index (χ4n) is 1.20. The topological polar surface area (TPSA) is 80.1 Å². The Morgan fingerprint density at radius 2 is 2.41 bits per heavy atom. The van der Waals surface area contributed by atoms with Gasteiger partial charge < -0.3 is 10.6 Å². The van der Waals surface area contributed by atoms with Crippen LogP contribution in [0.25, 0.3) is 0 Å². The first-order valence-corrected chi connectivity index (χ1v) is 5.78. The number of nitrogens with one attached hydrogen (secondary N) is 2. The van der Waals surface area contributed by atoms with Gasteiger partial charge in [0, 0.05) is 19.8 Å². The second-order valence-corrected chi connectivity index (χ2v) is 4.06. The highest BCUT2D eigenvalue weighted by Gasteiger charge is 2.00. The number of nitrogens with zero attached hydrogens (tertiary/aromatic N) is 2. The van der Waals surface area contributed by atoms with Gasteiger partial charge in [0.2, 0.25) is 0 Å². The van der Waals surface area contributed by atoms with E-state index in [9.17, 15) is 10.1 Å². The number of aromatic nitrogens is 1. The van der Waals surface area contributed by atoms with Crippen molar-refractivity contribution in [1.82, 2.24) is 15.6 Å². The van der Waals surface area contributed by atoms with Crippen molar-refractivity contribution >= 4 is 15.9 Å². The van der Waals surface area contributed by atoms with Crippen molar-refractivity contribution in [3.63, 3.8) is 0 Å². The second kappa shape index (κ2) is 6.85. The van der Waals surface area contributed by atoms with Crippen molar-refractivity contribution in [2.45, 2.75) is 6.42 Å². The van der Waals surface area contributed by atoms with Gasteiger partial charge in [0.05, 0.1) is 4.92 Å². The Labute approximate surface area is 107 Å². The van der Waals surface area contributed by atoms with Crippen LogP contribution in [-0.2, 0) is 6.42 Å². The lowest BCUT2D eigenvalue weighted by Crippen LogP contribution is -2.26. The van der Waals surface area contributed by atoms with Gasteiger partial charge in [-0.2, -0.15) is 0 Å². The first-order chi connectivity index (χ1) is 8.11. The molecule has 1 heterocycles. The van der Waals surface area contributed by atoms with E-state index in [2.05, 4.69) is 31.5 Å². The summed E-state index contributed by atoms with van der Waals surface area (Å²) in [5.74, 6) is 0.389. The summed E-state index contributed by atoms with van der Waals surface area (Å²) in [6.45, 7) is 0.601. The molecule has 1 aromatic rings. The molecular weight excluding hydrogens is 288 g/mol. The molecule has 1 rings (SSSR count). The fraction of sp³-hybridized carbons (Fsp3) is 0.300. The van der Waals surface area contributed by atoms with E-state index in [0.29, 0.717) is 12.4 Å². The average molecular weight is 301 g/mol. The summed E-state index contributed by atoms with van der Waals surface area (Å²) in [6.07, 6.45) is 3.42. The van der Waals surface area contributed by atoms with E-state index >= 15 is 0 Å². The Kier molecular flexibility index (Phi) is 5.41. The number of halogens is 1. The van der Waals surface area contributed by atoms with Gasteiger partial charge in [0.15, 0.2) is 5.82 Å². The van der Waals surface area contributed by atoms with Crippen LogP contribution in [0.2, 0.25) is 0 Å². The molecule has 1 aromatic heterocycles. The standard InChI is InChI=1S/C10H13BrN4O2/c1-12-10(7-15(16)17)13-5-4-8-2-3-9(11)14-6-8/h2-3,6-7,12-13H,4-5H2,1H3/b10-7+. The molecule has 0 spiro atoms. The third-order valence-corrected chi connectivity index (χ3v) is 2.49. The molecule has 7 heteroatoms. The van der Waals surface area contributed by atoms with Crippen LogP contribution < -0.4 is 10.6 Å². The van der Waals surface area contributed by atoms with Gasteiger partial charge in [-0.25, -0.2) is 4.98 Å². The van der Waals surface area contributed by atoms with Gasteiger partial charge >= 0.3 is 0 Å². The molecule has 0 fully saturated rings. The third-order valence-electron chi connectivity index (χ3n) is 2.02. The first-order valence-electron chi connectivity index (χ1n) is 4.99. The second-order valence-electron chi connectivity index (χ2n) is 3.24. The molecule has 0 unspecified atom stereocenters. The van der Waals surface area contributed by atoms with Gasteiger partial charge in [-0.05, 0) is 34.0 Å². The molecule has 0 saturated heterocycles. The van der Waals surface area contributed by atoms with Crippen LogP contribution in [0.3, 0.4) is 0 Å². The SMILES string of the molecule is CN/C(=C\[N+](=O)[O-])NCCc1ccc(Br)nc1. The molecule has 0 atom stereocenters. The summed E-state index contributed by atoms with van der Waals surface area (Å²) in [7, 11) is 1.63. The number of nitro groups is 1. The Balaban J connectivity index is 2.41. The Morgan fingerprint density at radius 3 is 2.94 bits per heavy atom. The predicted octanol–water partition coefficient (Wildman–Crippen LogP) is 1.27. The normalized spacial score (nSPS) is 11.1. The van der Waals surface area contributed by atoms with E-state index in [-0.39, 0.29) is 0 Å². The van der Waals surface area contributed by atoms with E-state index in [1.807, 2.05) is 12.1 Å². The van der Waals surface area contributed by atoms with Crippen molar-refractivity contribution in [3.05, 3.63) is 50.6 Å². The lowest BCUT2D eigenvalue weighted by molar-refractivity contribution is -0.404. The van der Waals surface area contributed by atoms with Gasteiger partial charge in [0.1, 0.15) is 4.60 Å². The minimum absolute atomic E-state index is 0.389. The number of pyridine rings is 1. The van der Waals surface area contributed by atoms with Crippen molar-refractivity contribution in [2.24, 2.45) is 0 Å². The van der Waals surface area contributed by atoms with Crippen molar-refractivity contribution < 1.29 is 4.92 Å². The number of hydrogen-bond acceptors (Lipinski definition) is 5. The molecule has 6 nitrogen and oxygen atoms in total. The van der Waals surface area contributed by atoms with Crippen molar-refractivity contribution in [2.75, 3.05) is 13.6 Å². The molecule has 17 heavy (non-hydrogen) atoms. The van der Waals surface area contributed by atoms with Crippen LogP contribution >= 0.6 is 15.9 Å². The van der Waals surface area contributed by atoms with Gasteiger partial charge in [-0.3, -0.25) is 10.1 Å². The van der Waals surface area contributed by atoms with Crippen LogP contribution in [-0.4, -0.2) is 23.5 Å². The molecule has 0 saturated carbocycles. The summed E-state index contributed by atoms with van der Waals surface area (Å²) >= 11 is 3.25. The first kappa shape index (κ1) is 13.4. The lowest BCUT2D eigenvalue weighted by atomic mass is 10.2. The van der Waals surface area contributed by atoms with Gasteiger partial charge in [0.25, 0.3) is 6.20 Å². The van der Waals surface area contributed by atoms with E-state index < -0.39 is 4.92 Å². The Bertz CT molecular complexity index is 405. The highest BCUT2D eigenvalue weighted by molar-refractivity contribution is 9.10.